The van der Waals surface area contributed by atoms with E-state index in [1.54, 1.807) is 0 Å². The molecule has 2 rings (SSSR count). The maximum Gasteiger partial charge on any atom is 0.224 e. The molecule has 1 aliphatic carbocycles. The van der Waals surface area contributed by atoms with Crippen LogP contribution in [-0.2, 0) is 4.79 Å². The first-order valence-electron chi connectivity index (χ1n) is 7.11. The Morgan fingerprint density at radius 1 is 1.12 bits per heavy atom. The largest absolute Gasteiger partial charge is 0.353 e. The summed E-state index contributed by atoms with van der Waals surface area (Å²) in [5.41, 5.74) is 0. The SMILES string of the molecule is CC1CCC(C(=O)NC2CCC(C)C2C)CN1. The Morgan fingerprint density at radius 2 is 1.88 bits per heavy atom. The summed E-state index contributed by atoms with van der Waals surface area (Å²) in [6, 6.07) is 0.987. The van der Waals surface area contributed by atoms with Gasteiger partial charge in [-0.15, -0.1) is 0 Å². The fourth-order valence-electron chi connectivity index (χ4n) is 3.09. The highest BCUT2D eigenvalue weighted by atomic mass is 16.2. The molecule has 1 amide bonds. The second-order valence-electron chi connectivity index (χ2n) is 6.11. The molecule has 2 fully saturated rings. The molecule has 1 saturated carbocycles. The minimum atomic E-state index is 0.189. The molecular formula is C14H26N2O. The molecule has 3 heteroatoms. The molecule has 17 heavy (non-hydrogen) atoms. The summed E-state index contributed by atoms with van der Waals surface area (Å²) in [6.07, 6.45) is 4.57. The van der Waals surface area contributed by atoms with Crippen molar-refractivity contribution in [2.45, 2.75) is 58.5 Å². The minimum absolute atomic E-state index is 0.189. The molecule has 0 bridgehead atoms. The Hall–Kier alpha value is -0.570. The fourth-order valence-corrected chi connectivity index (χ4v) is 3.09. The van der Waals surface area contributed by atoms with E-state index in [1.165, 1.54) is 6.42 Å². The Balaban J connectivity index is 1.81. The van der Waals surface area contributed by atoms with Crippen molar-refractivity contribution >= 4 is 5.91 Å². The average Bonchev–Trinajstić information content (AvgIpc) is 2.62. The van der Waals surface area contributed by atoms with E-state index in [0.717, 1.165) is 31.7 Å². The third kappa shape index (κ3) is 3.01. The maximum atomic E-state index is 12.2. The van der Waals surface area contributed by atoms with E-state index in [1.807, 2.05) is 0 Å². The van der Waals surface area contributed by atoms with E-state index in [2.05, 4.69) is 31.4 Å². The summed E-state index contributed by atoms with van der Waals surface area (Å²) in [6.45, 7) is 7.60. The normalized spacial score (nSPS) is 42.4. The summed E-state index contributed by atoms with van der Waals surface area (Å²) < 4.78 is 0. The molecule has 0 aromatic carbocycles. The van der Waals surface area contributed by atoms with E-state index in [9.17, 15) is 4.79 Å². The van der Waals surface area contributed by atoms with Crippen molar-refractivity contribution in [1.29, 1.82) is 0 Å². The van der Waals surface area contributed by atoms with Gasteiger partial charge < -0.3 is 10.6 Å². The van der Waals surface area contributed by atoms with E-state index < -0.39 is 0 Å². The van der Waals surface area contributed by atoms with Gasteiger partial charge in [0.1, 0.15) is 0 Å². The van der Waals surface area contributed by atoms with Crippen LogP contribution in [0, 0.1) is 17.8 Å². The summed E-state index contributed by atoms with van der Waals surface area (Å²) in [5.74, 6) is 1.85. The minimum Gasteiger partial charge on any atom is -0.353 e. The molecule has 2 aliphatic rings. The topological polar surface area (TPSA) is 41.1 Å². The first kappa shape index (κ1) is 12.9. The average molecular weight is 238 g/mol. The van der Waals surface area contributed by atoms with Crippen LogP contribution in [0.2, 0.25) is 0 Å². The molecule has 0 aromatic rings. The van der Waals surface area contributed by atoms with Crippen LogP contribution in [0.5, 0.6) is 0 Å². The van der Waals surface area contributed by atoms with Crippen LogP contribution in [-0.4, -0.2) is 24.5 Å². The lowest BCUT2D eigenvalue weighted by molar-refractivity contribution is -0.126. The fraction of sp³-hybridized carbons (Fsp3) is 0.929. The van der Waals surface area contributed by atoms with Gasteiger partial charge in [0.25, 0.3) is 0 Å². The zero-order valence-corrected chi connectivity index (χ0v) is 11.3. The van der Waals surface area contributed by atoms with Gasteiger partial charge in [-0.25, -0.2) is 0 Å². The molecule has 3 nitrogen and oxygen atoms in total. The molecule has 1 saturated heterocycles. The molecule has 5 atom stereocenters. The first-order valence-corrected chi connectivity index (χ1v) is 7.11. The van der Waals surface area contributed by atoms with Gasteiger partial charge in [0.2, 0.25) is 5.91 Å². The molecule has 1 aliphatic heterocycles. The standard InChI is InChI=1S/C14H26N2O/c1-9-4-7-13(11(9)3)16-14(17)12-6-5-10(2)15-8-12/h9-13,15H,4-8H2,1-3H3,(H,16,17). The van der Waals surface area contributed by atoms with Crippen LogP contribution < -0.4 is 10.6 Å². The van der Waals surface area contributed by atoms with E-state index in [-0.39, 0.29) is 11.8 Å². The quantitative estimate of drug-likeness (QED) is 0.772. The van der Waals surface area contributed by atoms with Crippen LogP contribution in [0.15, 0.2) is 0 Å². The van der Waals surface area contributed by atoms with Crippen molar-refractivity contribution in [2.24, 2.45) is 17.8 Å². The van der Waals surface area contributed by atoms with Crippen LogP contribution in [0.4, 0.5) is 0 Å². The first-order chi connectivity index (χ1) is 8.08. The highest BCUT2D eigenvalue weighted by molar-refractivity contribution is 5.79. The van der Waals surface area contributed by atoms with Crippen molar-refractivity contribution in [1.82, 2.24) is 10.6 Å². The Labute approximate surface area is 105 Å². The number of amides is 1. The van der Waals surface area contributed by atoms with Gasteiger partial charge in [0.15, 0.2) is 0 Å². The van der Waals surface area contributed by atoms with E-state index >= 15 is 0 Å². The van der Waals surface area contributed by atoms with E-state index in [0.29, 0.717) is 18.0 Å². The summed E-state index contributed by atoms with van der Waals surface area (Å²) in [5, 5.41) is 6.66. The van der Waals surface area contributed by atoms with Gasteiger partial charge in [0, 0.05) is 18.6 Å². The third-order valence-corrected chi connectivity index (χ3v) is 4.82. The van der Waals surface area contributed by atoms with Crippen molar-refractivity contribution < 1.29 is 4.79 Å². The predicted molar refractivity (Wildman–Crippen MR) is 69.7 cm³/mol. The lowest BCUT2D eigenvalue weighted by Gasteiger charge is -2.29. The van der Waals surface area contributed by atoms with Crippen LogP contribution in [0.1, 0.15) is 46.5 Å². The number of carbonyl (C=O) groups excluding carboxylic acids is 1. The lowest BCUT2D eigenvalue weighted by atomic mass is 9.93. The molecule has 1 heterocycles. The highest BCUT2D eigenvalue weighted by Gasteiger charge is 2.33. The smallest absolute Gasteiger partial charge is 0.224 e. The van der Waals surface area contributed by atoms with Gasteiger partial charge in [-0.3, -0.25) is 4.79 Å². The molecular weight excluding hydrogens is 212 g/mol. The van der Waals surface area contributed by atoms with Crippen molar-refractivity contribution in [3.05, 3.63) is 0 Å². The lowest BCUT2D eigenvalue weighted by Crippen LogP contribution is -2.47. The molecule has 0 spiro atoms. The Bertz CT molecular complexity index is 271. The van der Waals surface area contributed by atoms with E-state index in [4.69, 9.17) is 0 Å². The molecule has 2 N–H and O–H groups in total. The van der Waals surface area contributed by atoms with Crippen LogP contribution >= 0.6 is 0 Å². The predicted octanol–water partition coefficient (Wildman–Crippen LogP) is 1.93. The molecule has 0 radical (unpaired) electrons. The highest BCUT2D eigenvalue weighted by Crippen LogP contribution is 2.31. The molecule has 0 aromatic heterocycles. The van der Waals surface area contributed by atoms with Gasteiger partial charge in [-0.05, 0) is 44.4 Å². The van der Waals surface area contributed by atoms with Gasteiger partial charge in [-0.2, -0.15) is 0 Å². The number of hydrogen-bond acceptors (Lipinski definition) is 2. The number of rotatable bonds is 2. The number of piperidine rings is 1. The maximum absolute atomic E-state index is 12.2. The van der Waals surface area contributed by atoms with Gasteiger partial charge >= 0.3 is 0 Å². The Morgan fingerprint density at radius 3 is 2.41 bits per heavy atom. The zero-order valence-electron chi connectivity index (χ0n) is 11.3. The van der Waals surface area contributed by atoms with Crippen LogP contribution in [0.3, 0.4) is 0 Å². The van der Waals surface area contributed by atoms with Crippen LogP contribution in [0.25, 0.3) is 0 Å². The Kier molecular flexibility index (Phi) is 4.08. The number of hydrogen-bond donors (Lipinski definition) is 2. The second-order valence-corrected chi connectivity index (χ2v) is 6.11. The summed E-state index contributed by atoms with van der Waals surface area (Å²) >= 11 is 0. The number of carbonyl (C=O) groups is 1. The molecule has 98 valence electrons. The summed E-state index contributed by atoms with van der Waals surface area (Å²) in [4.78, 5) is 12.2. The third-order valence-electron chi connectivity index (χ3n) is 4.82. The van der Waals surface area contributed by atoms with Crippen molar-refractivity contribution in [3.8, 4) is 0 Å². The second kappa shape index (κ2) is 5.38. The zero-order chi connectivity index (χ0) is 12.4. The van der Waals surface area contributed by atoms with Crippen molar-refractivity contribution in [2.75, 3.05) is 6.54 Å². The van der Waals surface area contributed by atoms with Gasteiger partial charge in [-0.1, -0.05) is 13.8 Å². The van der Waals surface area contributed by atoms with Gasteiger partial charge in [0.05, 0.1) is 5.92 Å². The monoisotopic (exact) mass is 238 g/mol. The summed E-state index contributed by atoms with van der Waals surface area (Å²) in [7, 11) is 0. The van der Waals surface area contributed by atoms with Crippen molar-refractivity contribution in [3.63, 3.8) is 0 Å². The number of nitrogens with one attached hydrogen (secondary N) is 2. The molecule has 5 unspecified atom stereocenters.